The van der Waals surface area contributed by atoms with Gasteiger partial charge in [-0.25, -0.2) is 13.1 Å². The Morgan fingerprint density at radius 1 is 1.44 bits per heavy atom. The maximum atomic E-state index is 11.5. The predicted molar refractivity (Wildman–Crippen MR) is 61.5 cm³/mol. The van der Waals surface area contributed by atoms with Crippen molar-refractivity contribution in [2.45, 2.75) is 44.4 Å². The van der Waals surface area contributed by atoms with Gasteiger partial charge in [0.2, 0.25) is 10.0 Å². The second-order valence-electron chi connectivity index (χ2n) is 3.92. The number of rotatable bonds is 7. The minimum absolute atomic E-state index is 0.0555. The Morgan fingerprint density at radius 3 is 2.19 bits per heavy atom. The van der Waals surface area contributed by atoms with Crippen molar-refractivity contribution in [3.05, 3.63) is 0 Å². The van der Waals surface area contributed by atoms with Crippen LogP contribution in [-0.2, 0) is 14.8 Å². The molecule has 0 amide bonds. The highest BCUT2D eigenvalue weighted by atomic mass is 32.2. The minimum atomic E-state index is -3.84. The second-order valence-corrected chi connectivity index (χ2v) is 6.00. The smallest absolute Gasteiger partial charge is 0.323 e. The Hall–Kier alpha value is -0.660. The summed E-state index contributed by atoms with van der Waals surface area (Å²) in [6.07, 6.45) is 1.24. The van der Waals surface area contributed by atoms with Gasteiger partial charge in [0.05, 0.1) is 0 Å². The van der Waals surface area contributed by atoms with Crippen LogP contribution in [0.15, 0.2) is 0 Å². The van der Waals surface area contributed by atoms with Gasteiger partial charge in [0, 0.05) is 12.1 Å². The van der Waals surface area contributed by atoms with E-state index in [1.54, 1.807) is 0 Å². The standard InChI is InChI=1S/C9H20N2O4S/c1-4-9(10,5-2)6-11-16(14,15)7(3)8(12)13/h7,11H,4-6,10H2,1-3H3,(H,12,13). The average molecular weight is 252 g/mol. The molecule has 0 saturated carbocycles. The Kier molecular flexibility index (Phi) is 5.37. The van der Waals surface area contributed by atoms with Gasteiger partial charge >= 0.3 is 5.97 Å². The number of hydrogen-bond acceptors (Lipinski definition) is 4. The van der Waals surface area contributed by atoms with Crippen LogP contribution in [0.4, 0.5) is 0 Å². The maximum Gasteiger partial charge on any atom is 0.323 e. The number of nitrogens with two attached hydrogens (primary N) is 1. The van der Waals surface area contributed by atoms with E-state index in [0.717, 1.165) is 6.92 Å². The van der Waals surface area contributed by atoms with Crippen molar-refractivity contribution in [1.29, 1.82) is 0 Å². The molecule has 1 unspecified atom stereocenters. The molecule has 0 aliphatic rings. The van der Waals surface area contributed by atoms with Crippen LogP contribution >= 0.6 is 0 Å². The summed E-state index contributed by atoms with van der Waals surface area (Å²) in [5.41, 5.74) is 5.29. The van der Waals surface area contributed by atoms with Crippen LogP contribution in [0.3, 0.4) is 0 Å². The fourth-order valence-corrected chi connectivity index (χ4v) is 2.01. The van der Waals surface area contributed by atoms with Crippen molar-refractivity contribution in [1.82, 2.24) is 4.72 Å². The van der Waals surface area contributed by atoms with Gasteiger partial charge in [0.15, 0.2) is 5.25 Å². The van der Waals surface area contributed by atoms with Gasteiger partial charge in [-0.3, -0.25) is 4.79 Å². The summed E-state index contributed by atoms with van der Waals surface area (Å²) in [4.78, 5) is 10.6. The Bertz CT molecular complexity index is 335. The van der Waals surface area contributed by atoms with Crippen molar-refractivity contribution < 1.29 is 18.3 Å². The molecule has 0 saturated heterocycles. The molecule has 16 heavy (non-hydrogen) atoms. The molecule has 7 heteroatoms. The number of carbonyl (C=O) groups is 1. The van der Waals surface area contributed by atoms with Crippen molar-refractivity contribution in [3.8, 4) is 0 Å². The van der Waals surface area contributed by atoms with Crippen molar-refractivity contribution in [2.24, 2.45) is 5.73 Å². The SMILES string of the molecule is CCC(N)(CC)CNS(=O)(=O)C(C)C(=O)O. The first-order valence-corrected chi connectivity index (χ1v) is 6.73. The molecule has 4 N–H and O–H groups in total. The Balaban J connectivity index is 4.57. The first-order chi connectivity index (χ1) is 7.18. The number of aliphatic carboxylic acids is 1. The summed E-state index contributed by atoms with van der Waals surface area (Å²) < 4.78 is 25.3. The van der Waals surface area contributed by atoms with E-state index in [-0.39, 0.29) is 6.54 Å². The third kappa shape index (κ3) is 4.07. The van der Waals surface area contributed by atoms with Gasteiger partial charge < -0.3 is 10.8 Å². The predicted octanol–water partition coefficient (Wildman–Crippen LogP) is -0.104. The fourth-order valence-electron chi connectivity index (χ4n) is 1.00. The van der Waals surface area contributed by atoms with Crippen molar-refractivity contribution >= 4 is 16.0 Å². The quantitative estimate of drug-likeness (QED) is 0.586. The van der Waals surface area contributed by atoms with Gasteiger partial charge in [-0.1, -0.05) is 13.8 Å². The van der Waals surface area contributed by atoms with E-state index in [4.69, 9.17) is 10.8 Å². The summed E-state index contributed by atoms with van der Waals surface area (Å²) in [6.45, 7) is 4.90. The molecular weight excluding hydrogens is 232 g/mol. The monoisotopic (exact) mass is 252 g/mol. The third-order valence-corrected chi connectivity index (χ3v) is 4.53. The van der Waals surface area contributed by atoms with Crippen molar-refractivity contribution in [3.63, 3.8) is 0 Å². The lowest BCUT2D eigenvalue weighted by atomic mass is 9.95. The third-order valence-electron chi connectivity index (χ3n) is 2.85. The lowest BCUT2D eigenvalue weighted by Crippen LogP contribution is -2.51. The molecule has 0 aliphatic heterocycles. The summed E-state index contributed by atoms with van der Waals surface area (Å²) in [6, 6.07) is 0. The van der Waals surface area contributed by atoms with Gasteiger partial charge in [-0.05, 0) is 19.8 Å². The number of nitrogens with one attached hydrogen (secondary N) is 1. The lowest BCUT2D eigenvalue weighted by Gasteiger charge is -2.27. The number of carboxylic acids is 1. The highest BCUT2D eigenvalue weighted by Crippen LogP contribution is 2.10. The van der Waals surface area contributed by atoms with E-state index in [1.807, 2.05) is 13.8 Å². The zero-order valence-corrected chi connectivity index (χ0v) is 10.7. The summed E-state index contributed by atoms with van der Waals surface area (Å²) in [5.74, 6) is -1.37. The van der Waals surface area contributed by atoms with Gasteiger partial charge in [0.1, 0.15) is 0 Å². The molecule has 0 heterocycles. The molecule has 0 bridgehead atoms. The molecule has 0 aromatic heterocycles. The van der Waals surface area contributed by atoms with Crippen LogP contribution in [0.5, 0.6) is 0 Å². The molecule has 96 valence electrons. The van der Waals surface area contributed by atoms with Crippen LogP contribution in [0.1, 0.15) is 33.6 Å². The summed E-state index contributed by atoms with van der Waals surface area (Å²) in [5, 5.41) is 7.14. The van der Waals surface area contributed by atoms with E-state index in [1.165, 1.54) is 0 Å². The number of sulfonamides is 1. The van der Waals surface area contributed by atoms with E-state index >= 15 is 0 Å². The van der Waals surface area contributed by atoms with Crippen LogP contribution in [-0.4, -0.2) is 36.8 Å². The molecule has 0 rings (SSSR count). The summed E-state index contributed by atoms with van der Waals surface area (Å²) in [7, 11) is -3.84. The van der Waals surface area contributed by atoms with Crippen LogP contribution in [0, 0.1) is 0 Å². The normalized spacial score (nSPS) is 14.8. The first kappa shape index (κ1) is 15.3. The fraction of sp³-hybridized carbons (Fsp3) is 0.889. The molecule has 6 nitrogen and oxygen atoms in total. The zero-order chi connectivity index (χ0) is 13.0. The van der Waals surface area contributed by atoms with Crippen molar-refractivity contribution in [2.75, 3.05) is 6.54 Å². The average Bonchev–Trinajstić information content (AvgIpc) is 2.24. The molecule has 1 atom stereocenters. The number of hydrogen-bond donors (Lipinski definition) is 3. The Morgan fingerprint density at radius 2 is 1.88 bits per heavy atom. The van der Waals surface area contributed by atoms with E-state index in [9.17, 15) is 13.2 Å². The van der Waals surface area contributed by atoms with E-state index in [2.05, 4.69) is 4.72 Å². The van der Waals surface area contributed by atoms with Gasteiger partial charge in [-0.2, -0.15) is 0 Å². The molecule has 0 aromatic rings. The van der Waals surface area contributed by atoms with Gasteiger partial charge in [0.25, 0.3) is 0 Å². The highest BCUT2D eigenvalue weighted by molar-refractivity contribution is 7.90. The topological polar surface area (TPSA) is 109 Å². The van der Waals surface area contributed by atoms with Crippen LogP contribution < -0.4 is 10.5 Å². The largest absolute Gasteiger partial charge is 0.480 e. The van der Waals surface area contributed by atoms with Crippen LogP contribution in [0.25, 0.3) is 0 Å². The number of carboxylic acid groups (broad SMARTS) is 1. The minimum Gasteiger partial charge on any atom is -0.480 e. The van der Waals surface area contributed by atoms with E-state index < -0.39 is 26.8 Å². The highest BCUT2D eigenvalue weighted by Gasteiger charge is 2.30. The van der Waals surface area contributed by atoms with E-state index in [0.29, 0.717) is 12.8 Å². The molecule has 0 aliphatic carbocycles. The lowest BCUT2D eigenvalue weighted by molar-refractivity contribution is -0.136. The van der Waals surface area contributed by atoms with Crippen LogP contribution in [0.2, 0.25) is 0 Å². The molecule has 0 aromatic carbocycles. The molecule has 0 radical (unpaired) electrons. The summed E-state index contributed by atoms with van der Waals surface area (Å²) >= 11 is 0. The second kappa shape index (κ2) is 5.60. The molecular formula is C9H20N2O4S. The first-order valence-electron chi connectivity index (χ1n) is 5.18. The maximum absolute atomic E-state index is 11.5. The Labute approximate surface area is 96.3 Å². The zero-order valence-electron chi connectivity index (χ0n) is 9.86. The van der Waals surface area contributed by atoms with Gasteiger partial charge in [-0.15, -0.1) is 0 Å². The molecule has 0 spiro atoms. The molecule has 0 fully saturated rings.